The zero-order valence-electron chi connectivity index (χ0n) is 11.2. The molecule has 0 N–H and O–H groups in total. The third kappa shape index (κ3) is 3.06. The number of carbonyl (C=O) groups excluding carboxylic acids is 1. The highest BCUT2D eigenvalue weighted by Crippen LogP contribution is 2.26. The van der Waals surface area contributed by atoms with Crippen LogP contribution in [0.1, 0.15) is 34.3 Å². The minimum atomic E-state index is -1.02. The van der Waals surface area contributed by atoms with Gasteiger partial charge in [-0.25, -0.2) is 0 Å². The predicted molar refractivity (Wildman–Crippen MR) is 75.6 cm³/mol. The van der Waals surface area contributed by atoms with Crippen LogP contribution < -0.4 is 0 Å². The maximum Gasteiger partial charge on any atom is 0.163 e. The fourth-order valence-electron chi connectivity index (χ4n) is 2.50. The molecule has 17 heavy (non-hydrogen) atoms. The summed E-state index contributed by atoms with van der Waals surface area (Å²) in [6, 6.07) is 7.68. The van der Waals surface area contributed by atoms with E-state index in [0.717, 1.165) is 31.2 Å². The lowest BCUT2D eigenvalue weighted by atomic mass is 9.86. The van der Waals surface area contributed by atoms with Crippen LogP contribution in [-0.2, 0) is 12.8 Å². The third-order valence-corrected chi connectivity index (χ3v) is 5.26. The number of Topliss-reactive ketones (excluding diaryl/α,β-unsaturated/α-hetero) is 1. The van der Waals surface area contributed by atoms with Crippen molar-refractivity contribution >= 4 is 13.9 Å². The van der Waals surface area contributed by atoms with Crippen LogP contribution in [0.4, 0.5) is 0 Å². The van der Waals surface area contributed by atoms with E-state index in [4.69, 9.17) is 0 Å². The van der Waals surface area contributed by atoms with Gasteiger partial charge < -0.3 is 0 Å². The number of fused-ring (bicyclic) bond motifs is 1. The zero-order chi connectivity index (χ0) is 12.5. The Morgan fingerprint density at radius 2 is 1.94 bits per heavy atom. The SMILES string of the molecule is C[Si](C)(C)CCc1cccc2c1C(=O)CCC2. The largest absolute Gasteiger partial charge is 0.294 e. The quantitative estimate of drug-likeness (QED) is 0.734. The highest BCUT2D eigenvalue weighted by Gasteiger charge is 2.21. The molecule has 0 fully saturated rings. The molecule has 0 atom stereocenters. The standard InChI is InChI=1S/C15H22OSi/c1-17(2,3)11-10-13-7-4-6-12-8-5-9-14(16)15(12)13/h4,6-7H,5,8-11H2,1-3H3. The number of hydrogen-bond acceptors (Lipinski definition) is 1. The van der Waals surface area contributed by atoms with Crippen LogP contribution in [0.2, 0.25) is 25.7 Å². The molecule has 0 heterocycles. The molecule has 1 nitrogen and oxygen atoms in total. The molecular weight excluding hydrogens is 224 g/mol. The average molecular weight is 246 g/mol. The number of ketones is 1. The van der Waals surface area contributed by atoms with Crippen LogP contribution >= 0.6 is 0 Å². The van der Waals surface area contributed by atoms with Gasteiger partial charge in [-0.05, 0) is 30.4 Å². The second-order valence-electron chi connectivity index (χ2n) is 6.29. The van der Waals surface area contributed by atoms with Gasteiger partial charge in [-0.15, -0.1) is 0 Å². The van der Waals surface area contributed by atoms with Gasteiger partial charge in [-0.2, -0.15) is 0 Å². The van der Waals surface area contributed by atoms with Gasteiger partial charge in [0.2, 0.25) is 0 Å². The molecule has 0 aromatic heterocycles. The monoisotopic (exact) mass is 246 g/mol. The van der Waals surface area contributed by atoms with Crippen molar-refractivity contribution in [2.75, 3.05) is 0 Å². The summed E-state index contributed by atoms with van der Waals surface area (Å²) < 4.78 is 0. The maximum absolute atomic E-state index is 12.0. The molecule has 2 heteroatoms. The van der Waals surface area contributed by atoms with Gasteiger partial charge in [0, 0.05) is 20.1 Å². The molecule has 1 aromatic rings. The van der Waals surface area contributed by atoms with E-state index in [0.29, 0.717) is 5.78 Å². The normalized spacial score (nSPS) is 15.8. The Morgan fingerprint density at radius 1 is 1.18 bits per heavy atom. The van der Waals surface area contributed by atoms with Crippen molar-refractivity contribution in [1.82, 2.24) is 0 Å². The summed E-state index contributed by atoms with van der Waals surface area (Å²) in [6.07, 6.45) is 3.95. The van der Waals surface area contributed by atoms with Gasteiger partial charge in [0.25, 0.3) is 0 Å². The number of benzene rings is 1. The van der Waals surface area contributed by atoms with Crippen molar-refractivity contribution in [3.63, 3.8) is 0 Å². The van der Waals surface area contributed by atoms with Crippen LogP contribution in [0.3, 0.4) is 0 Å². The molecule has 92 valence electrons. The first kappa shape index (κ1) is 12.6. The second kappa shape index (κ2) is 4.77. The molecule has 1 aromatic carbocycles. The molecule has 0 amide bonds. The summed E-state index contributed by atoms with van der Waals surface area (Å²) in [7, 11) is -1.02. The second-order valence-corrected chi connectivity index (χ2v) is 11.9. The lowest BCUT2D eigenvalue weighted by Crippen LogP contribution is -2.21. The highest BCUT2D eigenvalue weighted by molar-refractivity contribution is 6.76. The first-order chi connectivity index (χ1) is 7.97. The van der Waals surface area contributed by atoms with Crippen molar-refractivity contribution in [2.24, 2.45) is 0 Å². The van der Waals surface area contributed by atoms with E-state index in [1.807, 2.05) is 0 Å². The van der Waals surface area contributed by atoms with Crippen LogP contribution in [0.5, 0.6) is 0 Å². The lowest BCUT2D eigenvalue weighted by molar-refractivity contribution is 0.0971. The van der Waals surface area contributed by atoms with Crippen LogP contribution in [-0.4, -0.2) is 13.9 Å². The van der Waals surface area contributed by atoms with Gasteiger partial charge in [-0.3, -0.25) is 4.79 Å². The Bertz CT molecular complexity index is 429. The Kier molecular flexibility index (Phi) is 3.52. The van der Waals surface area contributed by atoms with Crippen molar-refractivity contribution in [3.8, 4) is 0 Å². The van der Waals surface area contributed by atoms with Crippen molar-refractivity contribution < 1.29 is 4.79 Å². The highest BCUT2D eigenvalue weighted by atomic mass is 28.3. The van der Waals surface area contributed by atoms with Crippen molar-refractivity contribution in [1.29, 1.82) is 0 Å². The van der Waals surface area contributed by atoms with Crippen LogP contribution in [0, 0.1) is 0 Å². The van der Waals surface area contributed by atoms with Crippen molar-refractivity contribution in [2.45, 2.75) is 51.4 Å². The van der Waals surface area contributed by atoms with Gasteiger partial charge in [0.1, 0.15) is 0 Å². The summed E-state index contributed by atoms with van der Waals surface area (Å²) in [5.74, 6) is 0.373. The molecule has 1 aliphatic carbocycles. The average Bonchev–Trinajstić information content (AvgIpc) is 2.25. The fraction of sp³-hybridized carbons (Fsp3) is 0.533. The minimum Gasteiger partial charge on any atom is -0.294 e. The Labute approximate surface area is 105 Å². The molecule has 0 spiro atoms. The third-order valence-electron chi connectivity index (χ3n) is 3.51. The maximum atomic E-state index is 12.0. The van der Waals surface area contributed by atoms with E-state index in [-0.39, 0.29) is 0 Å². The number of rotatable bonds is 3. The van der Waals surface area contributed by atoms with E-state index in [2.05, 4.69) is 37.8 Å². The number of carbonyl (C=O) groups is 1. The number of hydrogen-bond donors (Lipinski definition) is 0. The molecule has 2 rings (SSSR count). The molecule has 0 saturated heterocycles. The molecule has 0 bridgehead atoms. The van der Waals surface area contributed by atoms with E-state index in [1.54, 1.807) is 0 Å². The van der Waals surface area contributed by atoms with E-state index < -0.39 is 8.07 Å². The van der Waals surface area contributed by atoms with E-state index >= 15 is 0 Å². The summed E-state index contributed by atoms with van der Waals surface area (Å²) in [5.41, 5.74) is 3.65. The van der Waals surface area contributed by atoms with Crippen molar-refractivity contribution in [3.05, 3.63) is 34.9 Å². The van der Waals surface area contributed by atoms with Gasteiger partial charge >= 0.3 is 0 Å². The summed E-state index contributed by atoms with van der Waals surface area (Å²) >= 11 is 0. The lowest BCUT2D eigenvalue weighted by Gasteiger charge is -2.21. The van der Waals surface area contributed by atoms with Crippen LogP contribution in [0.15, 0.2) is 18.2 Å². The first-order valence-corrected chi connectivity index (χ1v) is 10.3. The van der Waals surface area contributed by atoms with Gasteiger partial charge in [0.15, 0.2) is 5.78 Å². The Morgan fingerprint density at radius 3 is 2.65 bits per heavy atom. The molecular formula is C15H22OSi. The zero-order valence-corrected chi connectivity index (χ0v) is 12.2. The Hall–Kier alpha value is -0.893. The minimum absolute atomic E-state index is 0.373. The predicted octanol–water partition coefficient (Wildman–Crippen LogP) is 4.09. The fourth-order valence-corrected chi connectivity index (χ4v) is 3.52. The molecule has 0 aliphatic heterocycles. The Balaban J connectivity index is 2.26. The van der Waals surface area contributed by atoms with E-state index in [9.17, 15) is 4.79 Å². The molecule has 0 unspecified atom stereocenters. The summed E-state index contributed by atoms with van der Waals surface area (Å²) in [6.45, 7) is 7.18. The number of aryl methyl sites for hydroxylation is 2. The van der Waals surface area contributed by atoms with Crippen LogP contribution in [0.25, 0.3) is 0 Å². The summed E-state index contributed by atoms with van der Waals surface area (Å²) in [5, 5.41) is 0. The summed E-state index contributed by atoms with van der Waals surface area (Å²) in [4.78, 5) is 12.0. The molecule has 0 radical (unpaired) electrons. The van der Waals surface area contributed by atoms with Gasteiger partial charge in [0.05, 0.1) is 0 Å². The topological polar surface area (TPSA) is 17.1 Å². The van der Waals surface area contributed by atoms with Gasteiger partial charge in [-0.1, -0.05) is 43.9 Å². The molecule has 1 aliphatic rings. The smallest absolute Gasteiger partial charge is 0.163 e. The van der Waals surface area contributed by atoms with E-state index in [1.165, 1.54) is 17.2 Å². The molecule has 0 saturated carbocycles. The first-order valence-electron chi connectivity index (χ1n) is 6.61.